The molecule has 1 fully saturated rings. The summed E-state index contributed by atoms with van der Waals surface area (Å²) in [6, 6.07) is 0. The average molecular weight is 178 g/mol. The van der Waals surface area contributed by atoms with Crippen LogP contribution in [0.5, 0.6) is 0 Å². The van der Waals surface area contributed by atoms with E-state index in [9.17, 15) is 4.39 Å². The third-order valence-corrected chi connectivity index (χ3v) is 1.42. The summed E-state index contributed by atoms with van der Waals surface area (Å²) in [6.45, 7) is 4.89. The minimum Gasteiger partial charge on any atom is -0.393 e. The van der Waals surface area contributed by atoms with Gasteiger partial charge in [0.05, 0.1) is 12.7 Å². The normalized spacial score (nSPS) is 30.0. The first kappa shape index (κ1) is 11.8. The Balaban J connectivity index is 0.000000354. The maximum atomic E-state index is 12.4. The predicted molar refractivity (Wildman–Crippen MR) is 46.9 cm³/mol. The highest BCUT2D eigenvalue weighted by Crippen LogP contribution is 2.10. The van der Waals surface area contributed by atoms with Gasteiger partial charge in [0.25, 0.3) is 0 Å². The molecule has 0 aromatic rings. The van der Waals surface area contributed by atoms with Crippen molar-refractivity contribution in [2.45, 2.75) is 45.4 Å². The molecule has 0 aromatic carbocycles. The van der Waals surface area contributed by atoms with Gasteiger partial charge in [-0.2, -0.15) is 0 Å². The zero-order chi connectivity index (χ0) is 9.40. The first-order valence-corrected chi connectivity index (χ1v) is 4.60. The first-order valence-electron chi connectivity index (χ1n) is 4.60. The Morgan fingerprint density at radius 3 is 2.67 bits per heavy atom. The molecule has 74 valence electrons. The minimum absolute atomic E-state index is 0.150. The van der Waals surface area contributed by atoms with Crippen LogP contribution in [0.4, 0.5) is 4.39 Å². The fourth-order valence-corrected chi connectivity index (χ4v) is 0.912. The summed E-state index contributed by atoms with van der Waals surface area (Å²) in [7, 11) is 0. The van der Waals surface area contributed by atoms with E-state index in [-0.39, 0.29) is 13.0 Å². The second-order valence-electron chi connectivity index (χ2n) is 3.06. The number of halogens is 1. The number of aliphatic hydroxyl groups is 1. The Kier molecular flexibility index (Phi) is 7.40. The number of aliphatic hydroxyl groups excluding tert-OH is 1. The van der Waals surface area contributed by atoms with Gasteiger partial charge >= 0.3 is 0 Å². The van der Waals surface area contributed by atoms with Gasteiger partial charge in [-0.1, -0.05) is 20.3 Å². The molecule has 2 atom stereocenters. The molecule has 0 spiro atoms. The molecular formula is C9H19FO2. The molecule has 1 aliphatic heterocycles. The van der Waals surface area contributed by atoms with Crippen LogP contribution in [0, 0.1) is 0 Å². The van der Waals surface area contributed by atoms with Crippen LogP contribution in [-0.2, 0) is 4.74 Å². The molecule has 12 heavy (non-hydrogen) atoms. The van der Waals surface area contributed by atoms with E-state index in [0.717, 1.165) is 0 Å². The maximum Gasteiger partial charge on any atom is 0.126 e. The zero-order valence-electron chi connectivity index (χ0n) is 7.92. The Morgan fingerprint density at radius 1 is 1.50 bits per heavy atom. The lowest BCUT2D eigenvalue weighted by Crippen LogP contribution is -2.13. The van der Waals surface area contributed by atoms with Crippen molar-refractivity contribution in [1.29, 1.82) is 0 Å². The third kappa shape index (κ3) is 6.55. The van der Waals surface area contributed by atoms with Gasteiger partial charge in [-0.3, -0.25) is 0 Å². The monoisotopic (exact) mass is 178 g/mol. The van der Waals surface area contributed by atoms with Gasteiger partial charge in [0.1, 0.15) is 6.17 Å². The van der Waals surface area contributed by atoms with Crippen molar-refractivity contribution in [3.8, 4) is 0 Å². The van der Waals surface area contributed by atoms with Gasteiger partial charge in [0.2, 0.25) is 0 Å². The maximum absolute atomic E-state index is 12.4. The Bertz CT molecular complexity index is 88.5. The smallest absolute Gasteiger partial charge is 0.126 e. The molecule has 0 bridgehead atoms. The van der Waals surface area contributed by atoms with Crippen molar-refractivity contribution in [3.63, 3.8) is 0 Å². The van der Waals surface area contributed by atoms with Gasteiger partial charge in [0, 0.05) is 13.0 Å². The van der Waals surface area contributed by atoms with Crippen molar-refractivity contribution < 1.29 is 14.2 Å². The highest BCUT2D eigenvalue weighted by atomic mass is 19.1. The van der Waals surface area contributed by atoms with Crippen LogP contribution in [-0.4, -0.2) is 30.6 Å². The Hall–Kier alpha value is -0.150. The van der Waals surface area contributed by atoms with Crippen molar-refractivity contribution in [1.82, 2.24) is 0 Å². The van der Waals surface area contributed by atoms with Gasteiger partial charge in [-0.15, -0.1) is 0 Å². The largest absolute Gasteiger partial charge is 0.393 e. The molecule has 0 radical (unpaired) electrons. The number of rotatable bonds is 0. The van der Waals surface area contributed by atoms with Crippen LogP contribution in [0.15, 0.2) is 0 Å². The summed E-state index contributed by atoms with van der Waals surface area (Å²) >= 11 is 0. The van der Waals surface area contributed by atoms with E-state index in [4.69, 9.17) is 9.84 Å². The lowest BCUT2D eigenvalue weighted by molar-refractivity contribution is 0.0970. The molecule has 1 aliphatic rings. The Morgan fingerprint density at radius 2 is 2.08 bits per heavy atom. The van der Waals surface area contributed by atoms with Crippen LogP contribution < -0.4 is 0 Å². The molecule has 1 heterocycles. The van der Waals surface area contributed by atoms with Crippen molar-refractivity contribution in [3.05, 3.63) is 0 Å². The molecule has 0 aliphatic carbocycles. The minimum atomic E-state index is -0.970. The van der Waals surface area contributed by atoms with Crippen LogP contribution in [0.2, 0.25) is 0 Å². The third-order valence-electron chi connectivity index (χ3n) is 1.42. The summed E-state index contributed by atoms with van der Waals surface area (Å²) < 4.78 is 17.3. The molecule has 1 rings (SSSR count). The van der Waals surface area contributed by atoms with E-state index in [1.54, 1.807) is 0 Å². The predicted octanol–water partition coefficient (Wildman–Crippen LogP) is 1.91. The standard InChI is InChI=1S/C6H11FO2.C3H8/c7-5-3-6(8)1-2-9-4-5;1-3-2/h5-6,8H,1-4H2;3H2,1-2H3. The second-order valence-corrected chi connectivity index (χ2v) is 3.06. The van der Waals surface area contributed by atoms with Crippen molar-refractivity contribution in [2.24, 2.45) is 0 Å². The van der Waals surface area contributed by atoms with E-state index in [2.05, 4.69) is 13.8 Å². The van der Waals surface area contributed by atoms with E-state index in [0.29, 0.717) is 13.0 Å². The average Bonchev–Trinajstić information content (AvgIpc) is 2.15. The van der Waals surface area contributed by atoms with Crippen molar-refractivity contribution in [2.75, 3.05) is 13.2 Å². The summed E-state index contributed by atoms with van der Waals surface area (Å²) in [5.74, 6) is 0. The second kappa shape index (κ2) is 7.50. The fraction of sp³-hybridized carbons (Fsp3) is 1.00. The number of ether oxygens (including phenoxy) is 1. The number of hydrogen-bond donors (Lipinski definition) is 1. The molecule has 3 heteroatoms. The van der Waals surface area contributed by atoms with Gasteiger partial charge in [-0.05, 0) is 6.42 Å². The van der Waals surface area contributed by atoms with Gasteiger partial charge < -0.3 is 9.84 Å². The highest BCUT2D eigenvalue weighted by Gasteiger charge is 2.17. The summed E-state index contributed by atoms with van der Waals surface area (Å²) in [5, 5.41) is 8.94. The highest BCUT2D eigenvalue weighted by molar-refractivity contribution is 4.66. The molecule has 0 amide bonds. The molecule has 0 aromatic heterocycles. The summed E-state index contributed by atoms with van der Waals surface area (Å²) in [4.78, 5) is 0. The van der Waals surface area contributed by atoms with Crippen molar-refractivity contribution >= 4 is 0 Å². The topological polar surface area (TPSA) is 29.5 Å². The van der Waals surface area contributed by atoms with Gasteiger partial charge in [-0.25, -0.2) is 4.39 Å². The van der Waals surface area contributed by atoms with Gasteiger partial charge in [0.15, 0.2) is 0 Å². The molecule has 1 N–H and O–H groups in total. The molecular weight excluding hydrogens is 159 g/mol. The lowest BCUT2D eigenvalue weighted by atomic mass is 10.1. The molecule has 1 saturated heterocycles. The van der Waals surface area contributed by atoms with Crippen LogP contribution in [0.1, 0.15) is 33.1 Å². The quantitative estimate of drug-likeness (QED) is 0.614. The first-order chi connectivity index (χ1) is 5.70. The van der Waals surface area contributed by atoms with Crippen LogP contribution in [0.3, 0.4) is 0 Å². The molecule has 2 nitrogen and oxygen atoms in total. The van der Waals surface area contributed by atoms with Crippen LogP contribution >= 0.6 is 0 Å². The molecule has 0 saturated carbocycles. The number of alkyl halides is 1. The zero-order valence-corrected chi connectivity index (χ0v) is 7.92. The van der Waals surface area contributed by atoms with Crippen LogP contribution in [0.25, 0.3) is 0 Å². The Labute approximate surface area is 73.7 Å². The van der Waals surface area contributed by atoms with E-state index in [1.165, 1.54) is 6.42 Å². The summed E-state index contributed by atoms with van der Waals surface area (Å²) in [6.07, 6.45) is 0.588. The van der Waals surface area contributed by atoms with E-state index < -0.39 is 12.3 Å². The number of hydrogen-bond acceptors (Lipinski definition) is 2. The molecule has 2 unspecified atom stereocenters. The lowest BCUT2D eigenvalue weighted by Gasteiger charge is -2.04. The SMILES string of the molecule is CCC.OC1CCOCC(F)C1. The summed E-state index contributed by atoms with van der Waals surface area (Å²) in [5.41, 5.74) is 0. The van der Waals surface area contributed by atoms with E-state index in [1.807, 2.05) is 0 Å². The fourth-order valence-electron chi connectivity index (χ4n) is 0.912. The van der Waals surface area contributed by atoms with E-state index >= 15 is 0 Å².